The van der Waals surface area contributed by atoms with Crippen LogP contribution in [0.3, 0.4) is 0 Å². The van der Waals surface area contributed by atoms with Gasteiger partial charge in [0.1, 0.15) is 5.69 Å². The summed E-state index contributed by atoms with van der Waals surface area (Å²) in [6, 6.07) is 6.93. The first kappa shape index (κ1) is 19.7. The molecule has 2 aromatic rings. The van der Waals surface area contributed by atoms with Crippen LogP contribution in [-0.2, 0) is 9.53 Å². The number of likely N-dealkylation sites (tertiary alicyclic amines) is 1. The summed E-state index contributed by atoms with van der Waals surface area (Å²) in [4.78, 5) is 26.4. The highest BCUT2D eigenvalue weighted by molar-refractivity contribution is 5.93. The van der Waals surface area contributed by atoms with Gasteiger partial charge in [-0.05, 0) is 38.0 Å². The van der Waals surface area contributed by atoms with Gasteiger partial charge < -0.3 is 23.6 Å². The molecular formula is C20H24N2O6. The first-order chi connectivity index (χ1) is 13.6. The van der Waals surface area contributed by atoms with Gasteiger partial charge in [-0.25, -0.2) is 0 Å². The van der Waals surface area contributed by atoms with Crippen LogP contribution >= 0.6 is 0 Å². The van der Waals surface area contributed by atoms with Crippen molar-refractivity contribution in [3.63, 3.8) is 0 Å². The smallest absolute Gasteiger partial charge is 0.310 e. The second kappa shape index (κ2) is 8.77. The molecule has 0 bridgehead atoms. The van der Waals surface area contributed by atoms with Gasteiger partial charge in [-0.15, -0.1) is 0 Å². The molecule has 1 amide bonds. The summed E-state index contributed by atoms with van der Waals surface area (Å²) in [7, 11) is 3.11. The van der Waals surface area contributed by atoms with Gasteiger partial charge in [0.2, 0.25) is 5.76 Å². The molecule has 0 unspecified atom stereocenters. The predicted molar refractivity (Wildman–Crippen MR) is 100 cm³/mol. The standard InChI is InChI=1S/C20H24N2O6/c1-4-27-20(24)14-6-5-9-22(12-14)19(23)18-11-15(21-28-18)13-7-8-16(25-2)17(10-13)26-3/h7-8,10-11,14H,4-6,9,12H2,1-3H3/t14-/m0/s1. The van der Waals surface area contributed by atoms with Crippen molar-refractivity contribution in [3.05, 3.63) is 30.0 Å². The summed E-state index contributed by atoms with van der Waals surface area (Å²) in [6.45, 7) is 3.00. The lowest BCUT2D eigenvalue weighted by Gasteiger charge is -2.30. The van der Waals surface area contributed by atoms with E-state index in [4.69, 9.17) is 18.7 Å². The van der Waals surface area contributed by atoms with Gasteiger partial charge in [0.15, 0.2) is 11.5 Å². The lowest BCUT2D eigenvalue weighted by molar-refractivity contribution is -0.149. The molecule has 0 aliphatic carbocycles. The van der Waals surface area contributed by atoms with E-state index in [1.165, 1.54) is 0 Å². The minimum absolute atomic E-state index is 0.134. The van der Waals surface area contributed by atoms with Crippen LogP contribution in [0.5, 0.6) is 11.5 Å². The van der Waals surface area contributed by atoms with Crippen molar-refractivity contribution in [3.8, 4) is 22.8 Å². The van der Waals surface area contributed by atoms with Crippen LogP contribution in [0.2, 0.25) is 0 Å². The van der Waals surface area contributed by atoms with E-state index in [0.717, 1.165) is 18.4 Å². The molecule has 2 heterocycles. The number of esters is 1. The highest BCUT2D eigenvalue weighted by atomic mass is 16.5. The lowest BCUT2D eigenvalue weighted by atomic mass is 9.98. The molecule has 0 saturated carbocycles. The van der Waals surface area contributed by atoms with E-state index >= 15 is 0 Å². The minimum atomic E-state index is -0.300. The Balaban J connectivity index is 1.74. The molecule has 1 aliphatic heterocycles. The molecule has 0 N–H and O–H groups in total. The second-order valence-corrected chi connectivity index (χ2v) is 6.49. The highest BCUT2D eigenvalue weighted by Crippen LogP contribution is 2.32. The van der Waals surface area contributed by atoms with Crippen molar-refractivity contribution in [2.75, 3.05) is 33.9 Å². The first-order valence-electron chi connectivity index (χ1n) is 9.22. The van der Waals surface area contributed by atoms with Gasteiger partial charge in [0.25, 0.3) is 5.91 Å². The zero-order valence-electron chi connectivity index (χ0n) is 16.3. The van der Waals surface area contributed by atoms with Gasteiger partial charge in [-0.1, -0.05) is 5.16 Å². The van der Waals surface area contributed by atoms with Crippen LogP contribution in [0.25, 0.3) is 11.3 Å². The number of nitrogens with zero attached hydrogens (tertiary/aromatic N) is 2. The summed E-state index contributed by atoms with van der Waals surface area (Å²) in [5.41, 5.74) is 1.26. The Labute approximate surface area is 163 Å². The molecule has 150 valence electrons. The Kier molecular flexibility index (Phi) is 6.18. The number of aromatic nitrogens is 1. The second-order valence-electron chi connectivity index (χ2n) is 6.49. The number of amides is 1. The quantitative estimate of drug-likeness (QED) is 0.703. The van der Waals surface area contributed by atoms with E-state index < -0.39 is 0 Å². The molecule has 1 atom stereocenters. The number of rotatable bonds is 6. The maximum atomic E-state index is 12.8. The number of ether oxygens (including phenoxy) is 3. The molecule has 1 aromatic heterocycles. The van der Waals surface area contributed by atoms with Crippen molar-refractivity contribution in [2.24, 2.45) is 5.92 Å². The molecule has 1 aromatic carbocycles. The fourth-order valence-corrected chi connectivity index (χ4v) is 3.28. The molecule has 3 rings (SSSR count). The van der Waals surface area contributed by atoms with Crippen LogP contribution in [-0.4, -0.2) is 55.8 Å². The average Bonchev–Trinajstić information content (AvgIpc) is 3.23. The summed E-state index contributed by atoms with van der Waals surface area (Å²) in [5, 5.41) is 4.01. The number of hydrogen-bond donors (Lipinski definition) is 0. The van der Waals surface area contributed by atoms with Crippen molar-refractivity contribution in [2.45, 2.75) is 19.8 Å². The van der Waals surface area contributed by atoms with Crippen molar-refractivity contribution in [1.82, 2.24) is 10.1 Å². The average molecular weight is 388 g/mol. The predicted octanol–water partition coefficient (Wildman–Crippen LogP) is 2.77. The third-order valence-electron chi connectivity index (χ3n) is 4.73. The number of hydrogen-bond acceptors (Lipinski definition) is 7. The van der Waals surface area contributed by atoms with Crippen LogP contribution < -0.4 is 9.47 Å². The van der Waals surface area contributed by atoms with Crippen LogP contribution in [0, 0.1) is 5.92 Å². The van der Waals surface area contributed by atoms with Crippen LogP contribution in [0.15, 0.2) is 28.8 Å². The molecule has 1 aliphatic rings. The van der Waals surface area contributed by atoms with E-state index in [9.17, 15) is 9.59 Å². The summed E-state index contributed by atoms with van der Waals surface area (Å²) < 4.78 is 20.9. The Morgan fingerprint density at radius 1 is 1.21 bits per heavy atom. The first-order valence-corrected chi connectivity index (χ1v) is 9.22. The number of methoxy groups -OCH3 is 2. The van der Waals surface area contributed by atoms with E-state index in [0.29, 0.717) is 36.9 Å². The SMILES string of the molecule is CCOC(=O)[C@H]1CCCN(C(=O)c2cc(-c3ccc(OC)c(OC)c3)no2)C1. The molecule has 1 saturated heterocycles. The third-order valence-corrected chi connectivity index (χ3v) is 4.73. The molecule has 8 heteroatoms. The number of benzene rings is 1. The monoisotopic (exact) mass is 388 g/mol. The highest BCUT2D eigenvalue weighted by Gasteiger charge is 2.31. The number of carbonyl (C=O) groups excluding carboxylic acids is 2. The van der Waals surface area contributed by atoms with Gasteiger partial charge in [0, 0.05) is 24.7 Å². The van der Waals surface area contributed by atoms with E-state index in [-0.39, 0.29) is 23.6 Å². The molecule has 0 spiro atoms. The van der Waals surface area contributed by atoms with Crippen molar-refractivity contribution < 1.29 is 28.3 Å². The zero-order valence-corrected chi connectivity index (χ0v) is 16.3. The van der Waals surface area contributed by atoms with E-state index in [1.807, 2.05) is 6.07 Å². The van der Waals surface area contributed by atoms with Gasteiger partial charge in [-0.2, -0.15) is 0 Å². The Bertz CT molecular complexity index is 847. The third kappa shape index (κ3) is 4.11. The largest absolute Gasteiger partial charge is 0.493 e. The molecule has 0 radical (unpaired) electrons. The van der Waals surface area contributed by atoms with Crippen LogP contribution in [0.1, 0.15) is 30.3 Å². The van der Waals surface area contributed by atoms with Crippen molar-refractivity contribution >= 4 is 11.9 Å². The minimum Gasteiger partial charge on any atom is -0.493 e. The van der Waals surface area contributed by atoms with Crippen LogP contribution in [0.4, 0.5) is 0 Å². The maximum absolute atomic E-state index is 12.8. The summed E-state index contributed by atoms with van der Waals surface area (Å²) in [6.07, 6.45) is 1.46. The Morgan fingerprint density at radius 3 is 2.71 bits per heavy atom. The fraction of sp³-hybridized carbons (Fsp3) is 0.450. The van der Waals surface area contributed by atoms with Crippen molar-refractivity contribution in [1.29, 1.82) is 0 Å². The van der Waals surface area contributed by atoms with E-state index in [1.54, 1.807) is 44.2 Å². The Morgan fingerprint density at radius 2 is 2.00 bits per heavy atom. The van der Waals surface area contributed by atoms with Gasteiger partial charge >= 0.3 is 5.97 Å². The lowest BCUT2D eigenvalue weighted by Crippen LogP contribution is -2.42. The Hall–Kier alpha value is -3.03. The maximum Gasteiger partial charge on any atom is 0.310 e. The zero-order chi connectivity index (χ0) is 20.1. The molecular weight excluding hydrogens is 364 g/mol. The number of carbonyl (C=O) groups is 2. The molecule has 1 fully saturated rings. The van der Waals surface area contributed by atoms with Gasteiger partial charge in [-0.3, -0.25) is 9.59 Å². The fourth-order valence-electron chi connectivity index (χ4n) is 3.28. The summed E-state index contributed by atoms with van der Waals surface area (Å²) >= 11 is 0. The number of piperidine rings is 1. The summed E-state index contributed by atoms with van der Waals surface area (Å²) in [5.74, 6) is 0.450. The van der Waals surface area contributed by atoms with E-state index in [2.05, 4.69) is 5.16 Å². The molecule has 8 nitrogen and oxygen atoms in total. The topological polar surface area (TPSA) is 91.1 Å². The van der Waals surface area contributed by atoms with Gasteiger partial charge in [0.05, 0.1) is 26.7 Å². The normalized spacial score (nSPS) is 16.5. The molecule has 28 heavy (non-hydrogen) atoms.